The average molecular weight is 840 g/mol. The van der Waals surface area contributed by atoms with Crippen molar-refractivity contribution in [2.45, 2.75) is 6.92 Å². The lowest BCUT2D eigenvalue weighted by Gasteiger charge is -2.17. The molecular weight excluding hydrogens is 799 g/mol. The first kappa shape index (κ1) is 37.9. The highest BCUT2D eigenvalue weighted by Gasteiger charge is 2.24. The topological polar surface area (TPSA) is 30.7 Å². The number of aromatic nitrogens is 3. The van der Waals surface area contributed by atoms with E-state index in [0.717, 1.165) is 55.9 Å². The third-order valence-corrected chi connectivity index (χ3v) is 13.6. The minimum atomic E-state index is 0.671. The van der Waals surface area contributed by atoms with Crippen molar-refractivity contribution in [1.29, 1.82) is 0 Å². The first-order valence-corrected chi connectivity index (χ1v) is 22.7. The molecule has 3 nitrogen and oxygen atoms in total. The van der Waals surface area contributed by atoms with Crippen LogP contribution in [0.4, 0.5) is 0 Å². The van der Waals surface area contributed by atoms with Crippen molar-refractivity contribution in [2.24, 2.45) is 0 Å². The van der Waals surface area contributed by atoms with Gasteiger partial charge in [-0.1, -0.05) is 212 Å². The van der Waals surface area contributed by atoms with E-state index in [0.29, 0.717) is 5.82 Å². The minimum Gasteiger partial charge on any atom is -0.293 e. The number of benzene rings is 11. The van der Waals surface area contributed by atoms with Gasteiger partial charge in [-0.3, -0.25) is 4.57 Å². The van der Waals surface area contributed by atoms with Crippen molar-refractivity contribution in [1.82, 2.24) is 14.5 Å². The van der Waals surface area contributed by atoms with Crippen molar-refractivity contribution in [3.8, 4) is 61.8 Å². The molecule has 0 unspecified atom stereocenters. The highest BCUT2D eigenvalue weighted by Crippen LogP contribution is 2.46. The SMILES string of the molecule is Cc1c(-c2ccc(-c3ccccc3)cc2)nc(-c2cccc(-c3ccccc3-c3ccccc3)c2)nc1-n1c2ccc3ccccc3c2c2c3c4ccccc4c4ccccc4c3ccc21. The summed E-state index contributed by atoms with van der Waals surface area (Å²) in [6, 6.07) is 83.2. The Balaban J connectivity index is 1.12. The Morgan fingerprint density at radius 2 is 0.818 bits per heavy atom. The molecule has 2 aromatic heterocycles. The minimum absolute atomic E-state index is 0.671. The molecular formula is C63H41N3. The monoisotopic (exact) mass is 839 g/mol. The summed E-state index contributed by atoms with van der Waals surface area (Å²) in [5.74, 6) is 1.53. The van der Waals surface area contributed by atoms with E-state index in [4.69, 9.17) is 9.97 Å². The van der Waals surface area contributed by atoms with Gasteiger partial charge in [0.2, 0.25) is 0 Å². The molecule has 2 heterocycles. The molecule has 0 bridgehead atoms. The second-order valence-electron chi connectivity index (χ2n) is 17.3. The number of rotatable bonds is 6. The van der Waals surface area contributed by atoms with E-state index in [9.17, 15) is 0 Å². The normalized spacial score (nSPS) is 11.7. The van der Waals surface area contributed by atoms with Crippen molar-refractivity contribution >= 4 is 64.9 Å². The molecule has 0 atom stereocenters. The van der Waals surface area contributed by atoms with E-state index in [1.54, 1.807) is 0 Å². The van der Waals surface area contributed by atoms with Crippen LogP contribution in [0.5, 0.6) is 0 Å². The summed E-state index contributed by atoms with van der Waals surface area (Å²) in [4.78, 5) is 11.2. The van der Waals surface area contributed by atoms with Gasteiger partial charge in [-0.2, -0.15) is 0 Å². The van der Waals surface area contributed by atoms with Crippen LogP contribution in [0.25, 0.3) is 127 Å². The number of hydrogen-bond donors (Lipinski definition) is 0. The zero-order chi connectivity index (χ0) is 43.7. The summed E-state index contributed by atoms with van der Waals surface area (Å²) in [5.41, 5.74) is 13.1. The Bertz CT molecular complexity index is 4000. The van der Waals surface area contributed by atoms with E-state index in [-0.39, 0.29) is 0 Å². The highest BCUT2D eigenvalue weighted by molar-refractivity contribution is 6.37. The van der Waals surface area contributed by atoms with E-state index in [1.165, 1.54) is 70.6 Å². The molecule has 3 heteroatoms. The molecule has 13 aromatic rings. The van der Waals surface area contributed by atoms with Gasteiger partial charge in [0.1, 0.15) is 5.82 Å². The standard InChI is InChI=1S/C63H41N3/c1-40-61(45-33-31-42(32-34-45)41-17-4-2-5-18-41)64-62(47-23-16-22-46(39-47)49-25-11-10-24-48(49)43-19-6-3-7-20-43)65-63(40)66-56-37-35-44-21-8-9-26-50(44)59(56)60-57(66)38-36-55-53-29-13-12-27-51(53)52-28-14-15-30-54(52)58(55)60/h2-39H,1H3. The van der Waals surface area contributed by atoms with E-state index < -0.39 is 0 Å². The molecule has 0 aliphatic heterocycles. The van der Waals surface area contributed by atoms with E-state index in [1.807, 2.05) is 0 Å². The highest BCUT2D eigenvalue weighted by atomic mass is 15.1. The van der Waals surface area contributed by atoms with E-state index >= 15 is 0 Å². The predicted octanol–water partition coefficient (Wildman–Crippen LogP) is 16.8. The molecule has 0 spiro atoms. The molecule has 0 N–H and O–H groups in total. The fraction of sp³-hybridized carbons (Fsp3) is 0.0159. The Morgan fingerprint density at radius 1 is 0.318 bits per heavy atom. The zero-order valence-corrected chi connectivity index (χ0v) is 36.3. The zero-order valence-electron chi connectivity index (χ0n) is 36.3. The summed E-state index contributed by atoms with van der Waals surface area (Å²) in [6.07, 6.45) is 0. The third kappa shape index (κ3) is 5.98. The van der Waals surface area contributed by atoms with Gasteiger partial charge in [0.15, 0.2) is 5.82 Å². The van der Waals surface area contributed by atoms with Crippen LogP contribution in [0.15, 0.2) is 231 Å². The Labute approximate surface area is 382 Å². The van der Waals surface area contributed by atoms with E-state index in [2.05, 4.69) is 242 Å². The largest absolute Gasteiger partial charge is 0.293 e. The van der Waals surface area contributed by atoms with Crippen LogP contribution in [-0.4, -0.2) is 14.5 Å². The summed E-state index contributed by atoms with van der Waals surface area (Å²) in [5, 5.41) is 12.4. The number of nitrogens with zero attached hydrogens (tertiary/aromatic N) is 3. The Hall–Kier alpha value is -8.66. The summed E-state index contributed by atoms with van der Waals surface area (Å²) in [6.45, 7) is 2.19. The summed E-state index contributed by atoms with van der Waals surface area (Å²) in [7, 11) is 0. The third-order valence-electron chi connectivity index (χ3n) is 13.6. The maximum atomic E-state index is 5.68. The van der Waals surface area contributed by atoms with Gasteiger partial charge in [0, 0.05) is 32.8 Å². The van der Waals surface area contributed by atoms with Crippen LogP contribution in [0.1, 0.15) is 5.56 Å². The van der Waals surface area contributed by atoms with Gasteiger partial charge in [-0.05, 0) is 96.2 Å². The first-order chi connectivity index (χ1) is 32.7. The molecule has 0 saturated heterocycles. The smallest absolute Gasteiger partial charge is 0.162 e. The van der Waals surface area contributed by atoms with Crippen LogP contribution in [0, 0.1) is 6.92 Å². The van der Waals surface area contributed by atoms with Crippen LogP contribution in [-0.2, 0) is 0 Å². The lowest BCUT2D eigenvalue weighted by atomic mass is 9.91. The van der Waals surface area contributed by atoms with Crippen LogP contribution < -0.4 is 0 Å². The average Bonchev–Trinajstić information content (AvgIpc) is 3.74. The van der Waals surface area contributed by atoms with Gasteiger partial charge >= 0.3 is 0 Å². The van der Waals surface area contributed by atoms with Crippen LogP contribution in [0.2, 0.25) is 0 Å². The number of hydrogen-bond acceptors (Lipinski definition) is 2. The molecule has 0 aliphatic carbocycles. The number of fused-ring (bicyclic) bond motifs is 12. The maximum absolute atomic E-state index is 5.68. The van der Waals surface area contributed by atoms with Crippen LogP contribution >= 0.6 is 0 Å². The van der Waals surface area contributed by atoms with Crippen LogP contribution in [0.3, 0.4) is 0 Å². The van der Waals surface area contributed by atoms with Crippen molar-refractivity contribution in [3.05, 3.63) is 236 Å². The van der Waals surface area contributed by atoms with Gasteiger partial charge in [-0.15, -0.1) is 0 Å². The van der Waals surface area contributed by atoms with Gasteiger partial charge in [0.05, 0.1) is 16.7 Å². The molecule has 11 aromatic carbocycles. The molecule has 0 fully saturated rings. The van der Waals surface area contributed by atoms with Gasteiger partial charge < -0.3 is 0 Å². The fourth-order valence-electron chi connectivity index (χ4n) is 10.5. The molecule has 0 radical (unpaired) electrons. The quantitative estimate of drug-likeness (QED) is 0.156. The Morgan fingerprint density at radius 3 is 1.55 bits per heavy atom. The lowest BCUT2D eigenvalue weighted by molar-refractivity contribution is 1.02. The molecule has 66 heavy (non-hydrogen) atoms. The second kappa shape index (κ2) is 15.3. The fourth-order valence-corrected chi connectivity index (χ4v) is 10.5. The summed E-state index contributed by atoms with van der Waals surface area (Å²) < 4.78 is 2.41. The summed E-state index contributed by atoms with van der Waals surface area (Å²) >= 11 is 0. The molecule has 0 aliphatic rings. The molecule has 0 amide bonds. The predicted molar refractivity (Wildman–Crippen MR) is 278 cm³/mol. The van der Waals surface area contributed by atoms with Crippen molar-refractivity contribution in [2.75, 3.05) is 0 Å². The second-order valence-corrected chi connectivity index (χ2v) is 17.3. The molecule has 0 saturated carbocycles. The molecule has 13 rings (SSSR count). The molecule has 308 valence electrons. The maximum Gasteiger partial charge on any atom is 0.162 e. The van der Waals surface area contributed by atoms with Crippen molar-refractivity contribution in [3.63, 3.8) is 0 Å². The first-order valence-electron chi connectivity index (χ1n) is 22.7. The Kier molecular flexibility index (Phi) is 8.75. The van der Waals surface area contributed by atoms with Gasteiger partial charge in [-0.25, -0.2) is 9.97 Å². The van der Waals surface area contributed by atoms with Gasteiger partial charge in [0.25, 0.3) is 0 Å². The lowest BCUT2D eigenvalue weighted by Crippen LogP contribution is -2.06. The van der Waals surface area contributed by atoms with Crippen molar-refractivity contribution < 1.29 is 0 Å².